The fraction of sp³-hybridized carbons (Fsp3) is 0.269. The van der Waals surface area contributed by atoms with E-state index >= 15 is 0 Å². The van der Waals surface area contributed by atoms with Crippen LogP contribution in [0.15, 0.2) is 66.3 Å². The summed E-state index contributed by atoms with van der Waals surface area (Å²) in [5.74, 6) is 0.706. The minimum Gasteiger partial charge on any atom is -0.366 e. The third-order valence-corrected chi connectivity index (χ3v) is 6.36. The van der Waals surface area contributed by atoms with E-state index in [0.29, 0.717) is 18.1 Å². The molecule has 10 heteroatoms. The highest BCUT2D eigenvalue weighted by Gasteiger charge is 2.17. The Morgan fingerprint density at radius 1 is 1.03 bits per heavy atom. The summed E-state index contributed by atoms with van der Waals surface area (Å²) in [7, 11) is 0. The van der Waals surface area contributed by atoms with Crippen LogP contribution < -0.4 is 15.5 Å². The molecule has 0 saturated heterocycles. The standard InChI is InChI=1S/C26H29N7O2S/c1-3-14-32(15-4-2)26-30-22(18-36-26)20-7-9-21(10-8-20)29-25-23(33(34)35)11-12-24(31-25)28-17-19-6-5-13-27-16-19/h5-13,16,18H,3-4,14-15,17H2,1-2H3,(H2,28,29,31). The van der Waals surface area contributed by atoms with Gasteiger partial charge in [-0.05, 0) is 42.7 Å². The van der Waals surface area contributed by atoms with Crippen LogP contribution in [-0.2, 0) is 6.54 Å². The van der Waals surface area contributed by atoms with Crippen molar-refractivity contribution in [3.05, 3.63) is 82.0 Å². The van der Waals surface area contributed by atoms with Gasteiger partial charge in [0.25, 0.3) is 0 Å². The molecule has 0 aliphatic carbocycles. The van der Waals surface area contributed by atoms with Crippen LogP contribution in [0.1, 0.15) is 32.3 Å². The van der Waals surface area contributed by atoms with Gasteiger partial charge in [0.2, 0.25) is 5.82 Å². The number of rotatable bonds is 12. The largest absolute Gasteiger partial charge is 0.366 e. The average Bonchev–Trinajstić information content (AvgIpc) is 3.39. The number of anilines is 4. The molecule has 0 bridgehead atoms. The van der Waals surface area contributed by atoms with Crippen LogP contribution in [0.3, 0.4) is 0 Å². The summed E-state index contributed by atoms with van der Waals surface area (Å²) in [5.41, 5.74) is 3.50. The second-order valence-electron chi connectivity index (χ2n) is 8.24. The van der Waals surface area contributed by atoms with Crippen molar-refractivity contribution < 1.29 is 4.92 Å². The summed E-state index contributed by atoms with van der Waals surface area (Å²) in [6, 6.07) is 14.5. The Balaban J connectivity index is 1.48. The molecule has 0 unspecified atom stereocenters. The Kier molecular flexibility index (Phi) is 8.40. The average molecular weight is 504 g/mol. The van der Waals surface area contributed by atoms with Gasteiger partial charge in [-0.1, -0.05) is 32.0 Å². The van der Waals surface area contributed by atoms with E-state index in [2.05, 4.69) is 44.7 Å². The Labute approximate surface area is 214 Å². The van der Waals surface area contributed by atoms with E-state index in [1.54, 1.807) is 29.8 Å². The number of hydrogen-bond acceptors (Lipinski definition) is 9. The molecule has 0 atom stereocenters. The number of hydrogen-bond donors (Lipinski definition) is 2. The van der Waals surface area contributed by atoms with Crippen molar-refractivity contribution in [2.45, 2.75) is 33.2 Å². The molecule has 0 aliphatic heterocycles. The second kappa shape index (κ2) is 12.1. The fourth-order valence-corrected chi connectivity index (χ4v) is 4.62. The molecule has 186 valence electrons. The number of nitrogens with zero attached hydrogens (tertiary/aromatic N) is 5. The maximum Gasteiger partial charge on any atom is 0.311 e. The van der Waals surface area contributed by atoms with E-state index in [1.165, 1.54) is 6.07 Å². The van der Waals surface area contributed by atoms with Crippen molar-refractivity contribution in [2.75, 3.05) is 28.6 Å². The number of benzene rings is 1. The Morgan fingerprint density at radius 2 is 1.81 bits per heavy atom. The molecule has 3 heterocycles. The molecule has 36 heavy (non-hydrogen) atoms. The Bertz CT molecular complexity index is 1270. The zero-order valence-corrected chi connectivity index (χ0v) is 21.2. The molecular weight excluding hydrogens is 474 g/mol. The summed E-state index contributed by atoms with van der Waals surface area (Å²) < 4.78 is 0. The van der Waals surface area contributed by atoms with Gasteiger partial charge in [0.05, 0.1) is 10.6 Å². The van der Waals surface area contributed by atoms with Gasteiger partial charge in [0, 0.05) is 54.7 Å². The fourth-order valence-electron chi connectivity index (χ4n) is 3.73. The highest BCUT2D eigenvalue weighted by atomic mass is 32.1. The van der Waals surface area contributed by atoms with Crippen molar-refractivity contribution in [1.29, 1.82) is 0 Å². The van der Waals surface area contributed by atoms with E-state index in [9.17, 15) is 10.1 Å². The van der Waals surface area contributed by atoms with Crippen molar-refractivity contribution in [3.63, 3.8) is 0 Å². The molecule has 0 saturated carbocycles. The zero-order chi connectivity index (χ0) is 25.3. The van der Waals surface area contributed by atoms with Gasteiger partial charge in [0.1, 0.15) is 5.82 Å². The van der Waals surface area contributed by atoms with Crippen LogP contribution in [0.25, 0.3) is 11.3 Å². The first-order valence-electron chi connectivity index (χ1n) is 11.9. The predicted octanol–water partition coefficient (Wildman–Crippen LogP) is 6.49. The van der Waals surface area contributed by atoms with E-state index in [0.717, 1.165) is 47.9 Å². The van der Waals surface area contributed by atoms with E-state index in [-0.39, 0.29) is 11.5 Å². The normalized spacial score (nSPS) is 10.7. The van der Waals surface area contributed by atoms with Crippen LogP contribution >= 0.6 is 11.3 Å². The van der Waals surface area contributed by atoms with E-state index in [1.807, 2.05) is 36.4 Å². The molecule has 0 fully saturated rings. The zero-order valence-electron chi connectivity index (χ0n) is 20.3. The molecule has 0 spiro atoms. The van der Waals surface area contributed by atoms with E-state index < -0.39 is 4.92 Å². The molecular formula is C26H29N7O2S. The molecule has 0 radical (unpaired) electrons. The van der Waals surface area contributed by atoms with Gasteiger partial charge in [-0.15, -0.1) is 11.3 Å². The van der Waals surface area contributed by atoms with Gasteiger partial charge in [-0.25, -0.2) is 9.97 Å². The van der Waals surface area contributed by atoms with Crippen LogP contribution in [0, 0.1) is 10.1 Å². The van der Waals surface area contributed by atoms with Crippen molar-refractivity contribution in [1.82, 2.24) is 15.0 Å². The predicted molar refractivity (Wildman–Crippen MR) is 146 cm³/mol. The number of nitrogens with one attached hydrogen (secondary N) is 2. The van der Waals surface area contributed by atoms with Crippen molar-refractivity contribution in [3.8, 4) is 11.3 Å². The lowest BCUT2D eigenvalue weighted by Gasteiger charge is -2.19. The first-order chi connectivity index (χ1) is 17.6. The monoisotopic (exact) mass is 503 g/mol. The first kappa shape index (κ1) is 25.1. The Morgan fingerprint density at radius 3 is 2.47 bits per heavy atom. The maximum atomic E-state index is 11.6. The van der Waals surface area contributed by atoms with Gasteiger partial charge in [0.15, 0.2) is 5.13 Å². The molecule has 0 aliphatic rings. The van der Waals surface area contributed by atoms with Crippen LogP contribution in [0.4, 0.5) is 28.1 Å². The highest BCUT2D eigenvalue weighted by molar-refractivity contribution is 7.14. The minimum atomic E-state index is -0.441. The molecule has 2 N–H and O–H groups in total. The highest BCUT2D eigenvalue weighted by Crippen LogP contribution is 2.31. The molecule has 9 nitrogen and oxygen atoms in total. The van der Waals surface area contributed by atoms with Crippen LogP contribution in [0.5, 0.6) is 0 Å². The van der Waals surface area contributed by atoms with Gasteiger partial charge >= 0.3 is 5.69 Å². The summed E-state index contributed by atoms with van der Waals surface area (Å²) in [4.78, 5) is 26.8. The topological polar surface area (TPSA) is 109 Å². The lowest BCUT2D eigenvalue weighted by molar-refractivity contribution is -0.384. The summed E-state index contributed by atoms with van der Waals surface area (Å²) in [6.45, 7) is 6.84. The van der Waals surface area contributed by atoms with Crippen LogP contribution in [-0.4, -0.2) is 33.0 Å². The molecule has 3 aromatic heterocycles. The second-order valence-corrected chi connectivity index (χ2v) is 9.08. The Hall–Kier alpha value is -4.05. The molecule has 0 amide bonds. The lowest BCUT2D eigenvalue weighted by atomic mass is 10.1. The minimum absolute atomic E-state index is 0.0953. The molecule has 1 aromatic carbocycles. The number of nitro groups is 1. The third kappa shape index (κ3) is 6.33. The number of aromatic nitrogens is 3. The van der Waals surface area contributed by atoms with Crippen molar-refractivity contribution >= 4 is 39.5 Å². The van der Waals surface area contributed by atoms with Gasteiger partial charge in [-0.2, -0.15) is 0 Å². The molecule has 4 rings (SSSR count). The SMILES string of the molecule is CCCN(CCC)c1nc(-c2ccc(Nc3nc(NCc4cccnc4)ccc3[N+](=O)[O-])cc2)cs1. The van der Waals surface area contributed by atoms with Gasteiger partial charge in [-0.3, -0.25) is 15.1 Å². The third-order valence-electron chi connectivity index (χ3n) is 5.46. The summed E-state index contributed by atoms with van der Waals surface area (Å²) >= 11 is 1.65. The summed E-state index contributed by atoms with van der Waals surface area (Å²) in [6.07, 6.45) is 5.63. The quantitative estimate of drug-likeness (QED) is 0.167. The van der Waals surface area contributed by atoms with Crippen LogP contribution in [0.2, 0.25) is 0 Å². The molecule has 4 aromatic rings. The maximum absolute atomic E-state index is 11.6. The lowest BCUT2D eigenvalue weighted by Crippen LogP contribution is -2.24. The number of thiazole rings is 1. The van der Waals surface area contributed by atoms with Gasteiger partial charge < -0.3 is 15.5 Å². The first-order valence-corrected chi connectivity index (χ1v) is 12.8. The smallest absolute Gasteiger partial charge is 0.311 e. The van der Waals surface area contributed by atoms with Crippen molar-refractivity contribution in [2.24, 2.45) is 0 Å². The summed E-state index contributed by atoms with van der Waals surface area (Å²) in [5, 5.41) is 21.0. The van der Waals surface area contributed by atoms with E-state index in [4.69, 9.17) is 4.98 Å². The number of pyridine rings is 2.